The van der Waals surface area contributed by atoms with Crippen molar-refractivity contribution in [1.82, 2.24) is 4.90 Å². The van der Waals surface area contributed by atoms with E-state index in [2.05, 4.69) is 40.0 Å². The molecule has 0 heterocycles. The van der Waals surface area contributed by atoms with Gasteiger partial charge >= 0.3 is 0 Å². The van der Waals surface area contributed by atoms with E-state index in [9.17, 15) is 0 Å². The van der Waals surface area contributed by atoms with Crippen LogP contribution in [0.4, 0.5) is 5.69 Å². The largest absolute Gasteiger partial charge is 0.497 e. The van der Waals surface area contributed by atoms with Crippen molar-refractivity contribution in [1.29, 1.82) is 0 Å². The summed E-state index contributed by atoms with van der Waals surface area (Å²) in [5, 5.41) is 0. The number of hydrogen-bond acceptors (Lipinski definition) is 3. The van der Waals surface area contributed by atoms with Crippen molar-refractivity contribution >= 4 is 21.6 Å². The molecule has 0 atom stereocenters. The SMILES string of the molecule is COc1ccc(Br)c(CN(C)Cc2cccc(N)c2)c1. The predicted octanol–water partition coefficient (Wildman–Crippen LogP) is 3.67. The molecule has 0 amide bonds. The molecule has 0 bridgehead atoms. The molecule has 0 aliphatic carbocycles. The van der Waals surface area contributed by atoms with Crippen LogP contribution < -0.4 is 10.5 Å². The summed E-state index contributed by atoms with van der Waals surface area (Å²) in [6.45, 7) is 1.70. The average molecular weight is 335 g/mol. The monoisotopic (exact) mass is 334 g/mol. The van der Waals surface area contributed by atoms with E-state index in [1.807, 2.05) is 30.3 Å². The fourth-order valence-corrected chi connectivity index (χ4v) is 2.52. The molecular weight excluding hydrogens is 316 g/mol. The van der Waals surface area contributed by atoms with Gasteiger partial charge in [0, 0.05) is 23.2 Å². The first-order valence-electron chi connectivity index (χ1n) is 6.44. The molecule has 0 aromatic heterocycles. The summed E-state index contributed by atoms with van der Waals surface area (Å²) in [7, 11) is 3.78. The van der Waals surface area contributed by atoms with E-state index in [0.29, 0.717) is 0 Å². The van der Waals surface area contributed by atoms with Crippen molar-refractivity contribution in [2.75, 3.05) is 19.9 Å². The van der Waals surface area contributed by atoms with Crippen LogP contribution in [0.1, 0.15) is 11.1 Å². The van der Waals surface area contributed by atoms with Crippen LogP contribution in [0.2, 0.25) is 0 Å². The lowest BCUT2D eigenvalue weighted by atomic mass is 10.1. The molecule has 0 aliphatic heterocycles. The average Bonchev–Trinajstić information content (AvgIpc) is 2.41. The third-order valence-corrected chi connectivity index (χ3v) is 3.87. The summed E-state index contributed by atoms with van der Waals surface area (Å²) in [5.74, 6) is 0.876. The lowest BCUT2D eigenvalue weighted by Crippen LogP contribution is -2.17. The molecule has 3 nitrogen and oxygen atoms in total. The van der Waals surface area contributed by atoms with Gasteiger partial charge in [0.1, 0.15) is 5.75 Å². The standard InChI is InChI=1S/C16H19BrN2O/c1-19(10-12-4-3-5-14(18)8-12)11-13-9-15(20-2)6-7-16(13)17/h3-9H,10-11,18H2,1-2H3. The lowest BCUT2D eigenvalue weighted by Gasteiger charge is -2.18. The van der Waals surface area contributed by atoms with E-state index in [1.165, 1.54) is 11.1 Å². The van der Waals surface area contributed by atoms with Crippen LogP contribution in [0.3, 0.4) is 0 Å². The smallest absolute Gasteiger partial charge is 0.119 e. The molecule has 2 aromatic carbocycles. The normalized spacial score (nSPS) is 10.8. The van der Waals surface area contributed by atoms with Crippen molar-refractivity contribution in [3.05, 3.63) is 58.1 Å². The third-order valence-electron chi connectivity index (χ3n) is 3.10. The van der Waals surface area contributed by atoms with Crippen molar-refractivity contribution in [3.63, 3.8) is 0 Å². The Morgan fingerprint density at radius 3 is 2.65 bits per heavy atom. The van der Waals surface area contributed by atoms with Gasteiger partial charge in [-0.15, -0.1) is 0 Å². The molecule has 2 rings (SSSR count). The Bertz CT molecular complexity index is 586. The first-order chi connectivity index (χ1) is 9.58. The Kier molecular flexibility index (Phi) is 5.04. The number of ether oxygens (including phenoxy) is 1. The van der Waals surface area contributed by atoms with Gasteiger partial charge in [-0.2, -0.15) is 0 Å². The van der Waals surface area contributed by atoms with E-state index in [1.54, 1.807) is 7.11 Å². The van der Waals surface area contributed by atoms with Crippen molar-refractivity contribution < 1.29 is 4.74 Å². The highest BCUT2D eigenvalue weighted by Crippen LogP contribution is 2.24. The second kappa shape index (κ2) is 6.77. The molecule has 4 heteroatoms. The number of benzene rings is 2. The quantitative estimate of drug-likeness (QED) is 0.848. The minimum Gasteiger partial charge on any atom is -0.497 e. The van der Waals surface area contributed by atoms with Crippen molar-refractivity contribution in [3.8, 4) is 5.75 Å². The number of rotatable bonds is 5. The molecule has 0 radical (unpaired) electrons. The fraction of sp³-hybridized carbons (Fsp3) is 0.250. The molecule has 2 aromatic rings. The van der Waals surface area contributed by atoms with Crippen LogP contribution in [-0.2, 0) is 13.1 Å². The number of hydrogen-bond donors (Lipinski definition) is 1. The van der Waals surface area contributed by atoms with Crippen LogP contribution >= 0.6 is 15.9 Å². The summed E-state index contributed by atoms with van der Waals surface area (Å²) >= 11 is 3.58. The van der Waals surface area contributed by atoms with Crippen LogP contribution in [0.15, 0.2) is 46.9 Å². The summed E-state index contributed by atoms with van der Waals surface area (Å²) < 4.78 is 6.36. The van der Waals surface area contributed by atoms with E-state index >= 15 is 0 Å². The number of methoxy groups -OCH3 is 1. The Morgan fingerprint density at radius 1 is 1.15 bits per heavy atom. The number of nitrogen functional groups attached to an aromatic ring is 1. The Labute approximate surface area is 128 Å². The van der Waals surface area contributed by atoms with E-state index in [0.717, 1.165) is 29.0 Å². The van der Waals surface area contributed by atoms with Gasteiger partial charge in [-0.05, 0) is 48.5 Å². The van der Waals surface area contributed by atoms with E-state index in [-0.39, 0.29) is 0 Å². The van der Waals surface area contributed by atoms with Crippen LogP contribution in [-0.4, -0.2) is 19.1 Å². The molecule has 0 fully saturated rings. The first-order valence-corrected chi connectivity index (χ1v) is 7.23. The highest BCUT2D eigenvalue weighted by molar-refractivity contribution is 9.10. The lowest BCUT2D eigenvalue weighted by molar-refractivity contribution is 0.317. The van der Waals surface area contributed by atoms with E-state index < -0.39 is 0 Å². The molecule has 0 saturated heterocycles. The van der Waals surface area contributed by atoms with Crippen LogP contribution in [0.25, 0.3) is 0 Å². The summed E-state index contributed by atoms with van der Waals surface area (Å²) in [6, 6.07) is 14.0. The molecule has 0 aliphatic rings. The predicted molar refractivity (Wildman–Crippen MR) is 86.7 cm³/mol. The Hall–Kier alpha value is -1.52. The number of anilines is 1. The summed E-state index contributed by atoms with van der Waals surface area (Å²) in [4.78, 5) is 2.24. The molecule has 0 unspecified atom stereocenters. The maximum absolute atomic E-state index is 5.81. The zero-order valence-corrected chi connectivity index (χ0v) is 13.4. The van der Waals surface area contributed by atoms with Gasteiger partial charge in [-0.1, -0.05) is 28.1 Å². The topological polar surface area (TPSA) is 38.5 Å². The molecule has 0 spiro atoms. The Morgan fingerprint density at radius 2 is 1.95 bits per heavy atom. The second-order valence-electron chi connectivity index (χ2n) is 4.87. The third kappa shape index (κ3) is 3.99. The van der Waals surface area contributed by atoms with Crippen LogP contribution in [0, 0.1) is 0 Å². The number of nitrogens with two attached hydrogens (primary N) is 1. The van der Waals surface area contributed by atoms with Gasteiger partial charge in [0.25, 0.3) is 0 Å². The zero-order chi connectivity index (χ0) is 14.5. The van der Waals surface area contributed by atoms with E-state index in [4.69, 9.17) is 10.5 Å². The van der Waals surface area contributed by atoms with Gasteiger partial charge in [-0.3, -0.25) is 4.90 Å². The van der Waals surface area contributed by atoms with Gasteiger partial charge in [-0.25, -0.2) is 0 Å². The number of halogens is 1. The first kappa shape index (κ1) is 14.9. The highest BCUT2D eigenvalue weighted by Gasteiger charge is 2.07. The van der Waals surface area contributed by atoms with Crippen molar-refractivity contribution in [2.24, 2.45) is 0 Å². The Balaban J connectivity index is 2.06. The maximum atomic E-state index is 5.81. The molecule has 106 valence electrons. The minimum absolute atomic E-state index is 0.804. The van der Waals surface area contributed by atoms with Crippen molar-refractivity contribution in [2.45, 2.75) is 13.1 Å². The fourth-order valence-electron chi connectivity index (χ4n) is 2.15. The highest BCUT2D eigenvalue weighted by atomic mass is 79.9. The maximum Gasteiger partial charge on any atom is 0.119 e. The van der Waals surface area contributed by atoms with Gasteiger partial charge in [0.2, 0.25) is 0 Å². The molecular formula is C16H19BrN2O. The number of nitrogens with zero attached hydrogens (tertiary/aromatic N) is 1. The molecule has 2 N–H and O–H groups in total. The van der Waals surface area contributed by atoms with Gasteiger partial charge in [0.05, 0.1) is 7.11 Å². The summed E-state index contributed by atoms with van der Waals surface area (Å²) in [6.07, 6.45) is 0. The minimum atomic E-state index is 0.804. The molecule has 20 heavy (non-hydrogen) atoms. The van der Waals surface area contributed by atoms with Crippen LogP contribution in [0.5, 0.6) is 5.75 Å². The summed E-state index contributed by atoms with van der Waals surface area (Å²) in [5.41, 5.74) is 9.03. The molecule has 0 saturated carbocycles. The van der Waals surface area contributed by atoms with Gasteiger partial charge < -0.3 is 10.5 Å². The zero-order valence-electron chi connectivity index (χ0n) is 11.8. The second-order valence-corrected chi connectivity index (χ2v) is 5.73. The van der Waals surface area contributed by atoms with Gasteiger partial charge in [0.15, 0.2) is 0 Å².